The van der Waals surface area contributed by atoms with E-state index in [1.165, 1.54) is 25.7 Å². The average molecular weight is 227 g/mol. The quantitative estimate of drug-likeness (QED) is 0.690. The maximum absolute atomic E-state index is 11.4. The highest BCUT2D eigenvalue weighted by atomic mass is 16.5. The van der Waals surface area contributed by atoms with Crippen LogP contribution in [-0.2, 0) is 9.53 Å². The summed E-state index contributed by atoms with van der Waals surface area (Å²) in [6, 6.07) is 0. The fourth-order valence-electron chi connectivity index (χ4n) is 1.92. The zero-order chi connectivity index (χ0) is 11.5. The molecule has 1 aliphatic rings. The SMILES string of the molecule is O=C1CCCCCCNCCCCOCC1. The molecule has 0 aromatic carbocycles. The predicted molar refractivity (Wildman–Crippen MR) is 65.6 cm³/mol. The number of carbonyl (C=O) groups excluding carboxylic acids is 1. The first-order valence-corrected chi connectivity index (χ1v) is 6.70. The molecule has 0 aliphatic carbocycles. The van der Waals surface area contributed by atoms with Crippen LogP contribution in [0.3, 0.4) is 0 Å². The van der Waals surface area contributed by atoms with E-state index < -0.39 is 0 Å². The summed E-state index contributed by atoms with van der Waals surface area (Å²) >= 11 is 0. The van der Waals surface area contributed by atoms with E-state index in [0.29, 0.717) is 18.8 Å². The van der Waals surface area contributed by atoms with E-state index in [2.05, 4.69) is 5.32 Å². The molecule has 0 saturated carbocycles. The summed E-state index contributed by atoms with van der Waals surface area (Å²) in [6.45, 7) is 3.64. The summed E-state index contributed by atoms with van der Waals surface area (Å²) in [5.74, 6) is 0.369. The van der Waals surface area contributed by atoms with E-state index in [0.717, 1.165) is 39.0 Å². The third-order valence-electron chi connectivity index (χ3n) is 2.98. The Hall–Kier alpha value is -0.410. The van der Waals surface area contributed by atoms with Crippen LogP contribution in [0, 0.1) is 0 Å². The van der Waals surface area contributed by atoms with E-state index >= 15 is 0 Å². The van der Waals surface area contributed by atoms with Crippen LogP contribution in [0.2, 0.25) is 0 Å². The Labute approximate surface area is 98.9 Å². The zero-order valence-electron chi connectivity index (χ0n) is 10.3. The number of Topliss-reactive ketones (excluding diaryl/α,β-unsaturated/α-hetero) is 1. The molecule has 1 rings (SSSR count). The minimum atomic E-state index is 0.369. The molecule has 0 aromatic rings. The second kappa shape index (κ2) is 9.79. The van der Waals surface area contributed by atoms with Gasteiger partial charge in [0.2, 0.25) is 0 Å². The molecule has 0 aromatic heterocycles. The van der Waals surface area contributed by atoms with Crippen LogP contribution in [0.1, 0.15) is 51.4 Å². The third-order valence-corrected chi connectivity index (χ3v) is 2.98. The van der Waals surface area contributed by atoms with Crippen molar-refractivity contribution in [3.63, 3.8) is 0 Å². The third kappa shape index (κ3) is 7.83. The van der Waals surface area contributed by atoms with Crippen molar-refractivity contribution >= 4 is 5.78 Å². The molecule has 1 heterocycles. The lowest BCUT2D eigenvalue weighted by atomic mass is 10.1. The van der Waals surface area contributed by atoms with E-state index in [1.54, 1.807) is 0 Å². The summed E-state index contributed by atoms with van der Waals surface area (Å²) in [5, 5.41) is 3.44. The van der Waals surface area contributed by atoms with Crippen molar-refractivity contribution in [2.24, 2.45) is 0 Å². The zero-order valence-corrected chi connectivity index (χ0v) is 10.3. The van der Waals surface area contributed by atoms with Gasteiger partial charge in [0.1, 0.15) is 5.78 Å². The number of carbonyl (C=O) groups is 1. The Morgan fingerprint density at radius 2 is 1.56 bits per heavy atom. The van der Waals surface area contributed by atoms with Crippen molar-refractivity contribution in [1.82, 2.24) is 5.32 Å². The molecule has 0 amide bonds. The van der Waals surface area contributed by atoms with Gasteiger partial charge in [-0.3, -0.25) is 4.79 Å². The van der Waals surface area contributed by atoms with Crippen molar-refractivity contribution in [2.75, 3.05) is 26.3 Å². The van der Waals surface area contributed by atoms with E-state index in [4.69, 9.17) is 4.74 Å². The van der Waals surface area contributed by atoms with Gasteiger partial charge in [-0.15, -0.1) is 0 Å². The normalized spacial score (nSPS) is 23.4. The number of hydrogen-bond donors (Lipinski definition) is 1. The molecule has 3 heteroatoms. The Kier molecular flexibility index (Phi) is 8.35. The van der Waals surface area contributed by atoms with Crippen LogP contribution in [0.4, 0.5) is 0 Å². The summed E-state index contributed by atoms with van der Waals surface area (Å²) in [4.78, 5) is 11.4. The Morgan fingerprint density at radius 3 is 2.44 bits per heavy atom. The van der Waals surface area contributed by atoms with Gasteiger partial charge in [0.25, 0.3) is 0 Å². The van der Waals surface area contributed by atoms with Gasteiger partial charge in [-0.05, 0) is 38.8 Å². The largest absolute Gasteiger partial charge is 0.381 e. The second-order valence-corrected chi connectivity index (χ2v) is 4.52. The fraction of sp³-hybridized carbons (Fsp3) is 0.923. The van der Waals surface area contributed by atoms with Crippen molar-refractivity contribution < 1.29 is 9.53 Å². The van der Waals surface area contributed by atoms with Crippen molar-refractivity contribution in [3.05, 3.63) is 0 Å². The molecular weight excluding hydrogens is 202 g/mol. The first-order chi connectivity index (χ1) is 7.89. The Bertz CT molecular complexity index is 165. The molecule has 0 atom stereocenters. The lowest BCUT2D eigenvalue weighted by Gasteiger charge is -2.04. The Balaban J connectivity index is 2.13. The standard InChI is InChI=1S/C13H25NO2/c15-13-7-3-1-2-4-9-14-10-5-6-11-16-12-8-13/h14H,1-12H2. The minimum absolute atomic E-state index is 0.369. The molecular formula is C13H25NO2. The predicted octanol–water partition coefficient (Wildman–Crippen LogP) is 2.30. The fourth-order valence-corrected chi connectivity index (χ4v) is 1.92. The molecule has 1 aliphatic heterocycles. The van der Waals surface area contributed by atoms with Crippen LogP contribution in [0.25, 0.3) is 0 Å². The van der Waals surface area contributed by atoms with Crippen LogP contribution in [-0.4, -0.2) is 32.1 Å². The minimum Gasteiger partial charge on any atom is -0.381 e. The summed E-state index contributed by atoms with van der Waals surface area (Å²) in [5.41, 5.74) is 0. The van der Waals surface area contributed by atoms with Gasteiger partial charge in [-0.25, -0.2) is 0 Å². The molecule has 1 saturated heterocycles. The van der Waals surface area contributed by atoms with Gasteiger partial charge in [0, 0.05) is 19.4 Å². The first-order valence-electron chi connectivity index (χ1n) is 6.70. The highest BCUT2D eigenvalue weighted by Crippen LogP contribution is 2.05. The van der Waals surface area contributed by atoms with E-state index in [-0.39, 0.29) is 0 Å². The number of hydrogen-bond acceptors (Lipinski definition) is 3. The van der Waals surface area contributed by atoms with Gasteiger partial charge in [-0.1, -0.05) is 12.8 Å². The number of nitrogens with one attached hydrogen (secondary N) is 1. The van der Waals surface area contributed by atoms with Crippen LogP contribution in [0.15, 0.2) is 0 Å². The van der Waals surface area contributed by atoms with Crippen LogP contribution < -0.4 is 5.32 Å². The van der Waals surface area contributed by atoms with E-state index in [1.807, 2.05) is 0 Å². The molecule has 0 spiro atoms. The molecule has 0 unspecified atom stereocenters. The number of ketones is 1. The summed E-state index contributed by atoms with van der Waals surface area (Å²) in [7, 11) is 0. The molecule has 16 heavy (non-hydrogen) atoms. The van der Waals surface area contributed by atoms with Crippen LogP contribution in [0.5, 0.6) is 0 Å². The molecule has 1 fully saturated rings. The highest BCUT2D eigenvalue weighted by Gasteiger charge is 2.02. The van der Waals surface area contributed by atoms with E-state index in [9.17, 15) is 4.79 Å². The first kappa shape index (κ1) is 13.7. The molecule has 3 nitrogen and oxygen atoms in total. The lowest BCUT2D eigenvalue weighted by Crippen LogP contribution is -2.17. The molecule has 0 radical (unpaired) electrons. The molecule has 0 bridgehead atoms. The van der Waals surface area contributed by atoms with Gasteiger partial charge >= 0.3 is 0 Å². The smallest absolute Gasteiger partial charge is 0.135 e. The van der Waals surface area contributed by atoms with Gasteiger partial charge in [-0.2, -0.15) is 0 Å². The van der Waals surface area contributed by atoms with Crippen molar-refractivity contribution in [1.29, 1.82) is 0 Å². The maximum atomic E-state index is 11.4. The highest BCUT2D eigenvalue weighted by molar-refractivity contribution is 5.78. The summed E-state index contributed by atoms with van der Waals surface area (Å²) in [6.07, 6.45) is 8.36. The average Bonchev–Trinajstić information content (AvgIpc) is 2.29. The molecule has 94 valence electrons. The van der Waals surface area contributed by atoms with Gasteiger partial charge in [0.15, 0.2) is 0 Å². The van der Waals surface area contributed by atoms with Crippen LogP contribution >= 0.6 is 0 Å². The maximum Gasteiger partial charge on any atom is 0.135 e. The Morgan fingerprint density at radius 1 is 0.812 bits per heavy atom. The number of rotatable bonds is 0. The van der Waals surface area contributed by atoms with Crippen molar-refractivity contribution in [3.8, 4) is 0 Å². The van der Waals surface area contributed by atoms with Gasteiger partial charge in [0.05, 0.1) is 6.61 Å². The monoisotopic (exact) mass is 227 g/mol. The van der Waals surface area contributed by atoms with Gasteiger partial charge < -0.3 is 10.1 Å². The molecule has 1 N–H and O–H groups in total. The second-order valence-electron chi connectivity index (χ2n) is 4.52. The summed E-state index contributed by atoms with van der Waals surface area (Å²) < 4.78 is 5.43. The van der Waals surface area contributed by atoms with Crippen molar-refractivity contribution in [2.45, 2.75) is 51.4 Å². The lowest BCUT2D eigenvalue weighted by molar-refractivity contribution is -0.120. The topological polar surface area (TPSA) is 38.3 Å². The number of ether oxygens (including phenoxy) is 1.